The Morgan fingerprint density at radius 3 is 2.71 bits per heavy atom. The van der Waals surface area contributed by atoms with Gasteiger partial charge in [-0.25, -0.2) is 0 Å². The highest BCUT2D eigenvalue weighted by atomic mass is 19.4. The molecule has 0 aliphatic rings. The number of carbonyl (C=O) groups excluding carboxylic acids is 1. The fourth-order valence-electron chi connectivity index (χ4n) is 1.96. The first-order chi connectivity index (χ1) is 9.86. The first-order valence-electron chi connectivity index (χ1n) is 6.35. The first kappa shape index (κ1) is 15.2. The lowest BCUT2D eigenvalue weighted by Crippen LogP contribution is -2.34. The van der Waals surface area contributed by atoms with Gasteiger partial charge in [-0.2, -0.15) is 13.2 Å². The molecule has 1 aromatic carbocycles. The molecule has 0 spiro atoms. The molecular formula is C15H14F3NO2. The number of carbonyl (C=O) groups is 1. The third kappa shape index (κ3) is 4.11. The van der Waals surface area contributed by atoms with Gasteiger partial charge in [-0.1, -0.05) is 6.07 Å². The molecule has 0 radical (unpaired) electrons. The molecule has 0 aliphatic heterocycles. The molecule has 21 heavy (non-hydrogen) atoms. The van der Waals surface area contributed by atoms with Crippen LogP contribution in [-0.2, 0) is 12.6 Å². The fraction of sp³-hybridized carbons (Fsp3) is 0.267. The number of halogens is 3. The molecule has 0 saturated heterocycles. The normalized spacial score (nSPS) is 13.0. The summed E-state index contributed by atoms with van der Waals surface area (Å²) in [6.07, 6.45) is -0.830. The van der Waals surface area contributed by atoms with Crippen molar-refractivity contribution in [3.8, 4) is 0 Å². The smallest absolute Gasteiger partial charge is 0.416 e. The van der Waals surface area contributed by atoms with Crippen molar-refractivity contribution in [1.82, 2.24) is 5.32 Å². The second-order valence-corrected chi connectivity index (χ2v) is 4.79. The van der Waals surface area contributed by atoms with Crippen LogP contribution in [-0.4, -0.2) is 11.9 Å². The minimum Gasteiger partial charge on any atom is -0.472 e. The molecule has 0 saturated carbocycles. The number of benzene rings is 1. The van der Waals surface area contributed by atoms with Gasteiger partial charge in [0.05, 0.1) is 18.1 Å². The summed E-state index contributed by atoms with van der Waals surface area (Å²) in [5.41, 5.74) is 0.0633. The zero-order valence-electron chi connectivity index (χ0n) is 11.3. The SMILES string of the molecule is CC(Cc1ccoc1)NC(=O)c1cccc(C(F)(F)F)c1. The molecule has 1 aromatic heterocycles. The van der Waals surface area contributed by atoms with E-state index < -0.39 is 17.6 Å². The third-order valence-electron chi connectivity index (χ3n) is 2.95. The standard InChI is InChI=1S/C15H14F3NO2/c1-10(7-11-5-6-21-9-11)19-14(20)12-3-2-4-13(8-12)15(16,17)18/h2-6,8-10H,7H2,1H3,(H,19,20). The second-order valence-electron chi connectivity index (χ2n) is 4.79. The van der Waals surface area contributed by atoms with Crippen molar-refractivity contribution in [2.75, 3.05) is 0 Å². The number of hydrogen-bond acceptors (Lipinski definition) is 2. The van der Waals surface area contributed by atoms with Crippen LogP contribution < -0.4 is 5.32 Å². The van der Waals surface area contributed by atoms with Crippen LogP contribution >= 0.6 is 0 Å². The zero-order chi connectivity index (χ0) is 15.5. The summed E-state index contributed by atoms with van der Waals surface area (Å²) in [6.45, 7) is 1.78. The molecule has 1 heterocycles. The third-order valence-corrected chi connectivity index (χ3v) is 2.95. The molecule has 1 atom stereocenters. The maximum absolute atomic E-state index is 12.6. The van der Waals surface area contributed by atoms with Crippen molar-refractivity contribution >= 4 is 5.91 Å². The monoisotopic (exact) mass is 297 g/mol. The topological polar surface area (TPSA) is 42.2 Å². The van der Waals surface area contributed by atoms with Crippen molar-refractivity contribution in [1.29, 1.82) is 0 Å². The van der Waals surface area contributed by atoms with Crippen LogP contribution in [0.1, 0.15) is 28.4 Å². The van der Waals surface area contributed by atoms with Gasteiger partial charge in [-0.05, 0) is 43.2 Å². The summed E-state index contributed by atoms with van der Waals surface area (Å²) >= 11 is 0. The molecule has 1 unspecified atom stereocenters. The highest BCUT2D eigenvalue weighted by Crippen LogP contribution is 2.29. The van der Waals surface area contributed by atoms with Crippen molar-refractivity contribution in [2.45, 2.75) is 25.6 Å². The highest BCUT2D eigenvalue weighted by Gasteiger charge is 2.30. The minimum atomic E-state index is -4.46. The highest BCUT2D eigenvalue weighted by molar-refractivity contribution is 5.94. The number of hydrogen-bond donors (Lipinski definition) is 1. The minimum absolute atomic E-state index is 0.0103. The Kier molecular flexibility index (Phi) is 4.35. The van der Waals surface area contributed by atoms with Gasteiger partial charge in [-0.15, -0.1) is 0 Å². The van der Waals surface area contributed by atoms with Crippen LogP contribution in [0.3, 0.4) is 0 Å². The summed E-state index contributed by atoms with van der Waals surface area (Å²) in [6, 6.07) is 5.91. The Morgan fingerprint density at radius 1 is 1.33 bits per heavy atom. The molecule has 2 aromatic rings. The van der Waals surface area contributed by atoms with Gasteiger partial charge in [0.2, 0.25) is 0 Å². The number of amides is 1. The first-order valence-corrected chi connectivity index (χ1v) is 6.35. The molecule has 2 rings (SSSR count). The Bertz CT molecular complexity index is 606. The summed E-state index contributed by atoms with van der Waals surface area (Å²) in [5, 5.41) is 2.67. The summed E-state index contributed by atoms with van der Waals surface area (Å²) in [7, 11) is 0. The fourth-order valence-corrected chi connectivity index (χ4v) is 1.96. The van der Waals surface area contributed by atoms with Crippen LogP contribution in [0.15, 0.2) is 47.3 Å². The number of nitrogens with one attached hydrogen (secondary N) is 1. The molecular weight excluding hydrogens is 283 g/mol. The van der Waals surface area contributed by atoms with E-state index in [2.05, 4.69) is 5.32 Å². The van der Waals surface area contributed by atoms with Crippen molar-refractivity contribution in [3.05, 3.63) is 59.5 Å². The Balaban J connectivity index is 2.03. The predicted molar refractivity (Wildman–Crippen MR) is 70.8 cm³/mol. The van der Waals surface area contributed by atoms with Gasteiger partial charge in [0, 0.05) is 11.6 Å². The van der Waals surface area contributed by atoms with E-state index in [1.165, 1.54) is 18.4 Å². The molecule has 0 fully saturated rings. The average molecular weight is 297 g/mol. The molecule has 6 heteroatoms. The van der Waals surface area contributed by atoms with E-state index >= 15 is 0 Å². The van der Waals surface area contributed by atoms with Crippen LogP contribution in [0.4, 0.5) is 13.2 Å². The van der Waals surface area contributed by atoms with Gasteiger partial charge < -0.3 is 9.73 Å². The Labute approximate surface area is 119 Å². The van der Waals surface area contributed by atoms with Crippen molar-refractivity contribution in [2.24, 2.45) is 0 Å². The largest absolute Gasteiger partial charge is 0.472 e. The van der Waals surface area contributed by atoms with E-state index in [1.54, 1.807) is 19.3 Å². The average Bonchev–Trinajstić information content (AvgIpc) is 2.90. The lowest BCUT2D eigenvalue weighted by Gasteiger charge is -2.14. The summed E-state index contributed by atoms with van der Waals surface area (Å²) in [5.74, 6) is -0.530. The van der Waals surface area contributed by atoms with Gasteiger partial charge >= 0.3 is 6.18 Å². The van der Waals surface area contributed by atoms with Crippen LogP contribution in [0.5, 0.6) is 0 Å². The van der Waals surface area contributed by atoms with Crippen molar-refractivity contribution < 1.29 is 22.4 Å². The summed E-state index contributed by atoms with van der Waals surface area (Å²) < 4.78 is 42.7. The maximum Gasteiger partial charge on any atom is 0.416 e. The van der Waals surface area contributed by atoms with Crippen LogP contribution in [0.2, 0.25) is 0 Å². The lowest BCUT2D eigenvalue weighted by molar-refractivity contribution is -0.137. The predicted octanol–water partition coefficient (Wildman–Crippen LogP) is 3.66. The number of furan rings is 1. The maximum atomic E-state index is 12.6. The number of alkyl halides is 3. The summed E-state index contributed by atoms with van der Waals surface area (Å²) in [4.78, 5) is 12.0. The quantitative estimate of drug-likeness (QED) is 0.935. The van der Waals surface area contributed by atoms with Gasteiger partial charge in [0.25, 0.3) is 5.91 Å². The van der Waals surface area contributed by atoms with Gasteiger partial charge in [0.1, 0.15) is 0 Å². The lowest BCUT2D eigenvalue weighted by atomic mass is 10.1. The second kappa shape index (κ2) is 6.03. The van der Waals surface area contributed by atoms with E-state index in [4.69, 9.17) is 4.42 Å². The molecule has 3 nitrogen and oxygen atoms in total. The van der Waals surface area contributed by atoms with E-state index in [1.807, 2.05) is 0 Å². The van der Waals surface area contributed by atoms with E-state index in [0.29, 0.717) is 6.42 Å². The van der Waals surface area contributed by atoms with Gasteiger partial charge in [-0.3, -0.25) is 4.79 Å². The van der Waals surface area contributed by atoms with Crippen LogP contribution in [0.25, 0.3) is 0 Å². The van der Waals surface area contributed by atoms with E-state index in [9.17, 15) is 18.0 Å². The van der Waals surface area contributed by atoms with E-state index in [-0.39, 0.29) is 11.6 Å². The number of rotatable bonds is 4. The Morgan fingerprint density at radius 2 is 2.10 bits per heavy atom. The molecule has 1 N–H and O–H groups in total. The zero-order valence-corrected chi connectivity index (χ0v) is 11.3. The van der Waals surface area contributed by atoms with Crippen molar-refractivity contribution in [3.63, 3.8) is 0 Å². The van der Waals surface area contributed by atoms with E-state index in [0.717, 1.165) is 17.7 Å². The molecule has 0 bridgehead atoms. The molecule has 1 amide bonds. The van der Waals surface area contributed by atoms with Crippen LogP contribution in [0, 0.1) is 0 Å². The molecule has 0 aliphatic carbocycles. The Hall–Kier alpha value is -2.24. The molecule has 112 valence electrons. The van der Waals surface area contributed by atoms with Gasteiger partial charge in [0.15, 0.2) is 0 Å².